The lowest BCUT2D eigenvalue weighted by Crippen LogP contribution is -2.22. The molecule has 1 aliphatic rings. The minimum absolute atomic E-state index is 0.0630. The lowest BCUT2D eigenvalue weighted by molar-refractivity contribution is -0.136. The molecule has 0 heterocycles. The van der Waals surface area contributed by atoms with Gasteiger partial charge >= 0.3 is 5.97 Å². The van der Waals surface area contributed by atoms with E-state index in [0.29, 0.717) is 0 Å². The first-order chi connectivity index (χ1) is 8.16. The molecule has 0 saturated heterocycles. The molecule has 17 heavy (non-hydrogen) atoms. The molecule has 2 unspecified atom stereocenters. The maximum atomic E-state index is 10.6. The molecule has 0 bridgehead atoms. The number of carboxylic acid groups (broad SMARTS) is 1. The smallest absolute Gasteiger partial charge is 0.307 e. The standard InChI is InChI=1S/C14H18O3/c15-13-4-2-1-3-12(13)11-7-5-10(6-8-11)9-14(16)17/h5-8,12-13,15H,1-4,9H2,(H,16,17). The molecular weight excluding hydrogens is 216 g/mol. The summed E-state index contributed by atoms with van der Waals surface area (Å²) < 4.78 is 0. The zero-order valence-electron chi connectivity index (χ0n) is 9.80. The van der Waals surface area contributed by atoms with Crippen LogP contribution in [0.1, 0.15) is 42.7 Å². The molecule has 0 amide bonds. The second kappa shape index (κ2) is 5.32. The van der Waals surface area contributed by atoms with Gasteiger partial charge in [-0.25, -0.2) is 0 Å². The Morgan fingerprint density at radius 2 is 1.82 bits per heavy atom. The Morgan fingerprint density at radius 1 is 1.18 bits per heavy atom. The SMILES string of the molecule is O=C(O)Cc1ccc(C2CCCCC2O)cc1. The monoisotopic (exact) mass is 234 g/mol. The Balaban J connectivity index is 2.08. The van der Waals surface area contributed by atoms with E-state index in [9.17, 15) is 9.90 Å². The number of benzene rings is 1. The van der Waals surface area contributed by atoms with Gasteiger partial charge in [-0.3, -0.25) is 4.79 Å². The number of hydrogen-bond acceptors (Lipinski definition) is 2. The van der Waals surface area contributed by atoms with Crippen molar-refractivity contribution < 1.29 is 15.0 Å². The van der Waals surface area contributed by atoms with Crippen molar-refractivity contribution in [3.63, 3.8) is 0 Å². The second-order valence-electron chi connectivity index (χ2n) is 4.77. The van der Waals surface area contributed by atoms with Crippen LogP contribution < -0.4 is 0 Å². The molecule has 1 fully saturated rings. The third-order valence-electron chi connectivity index (χ3n) is 3.49. The average Bonchev–Trinajstić information content (AvgIpc) is 2.30. The van der Waals surface area contributed by atoms with Crippen molar-refractivity contribution in [2.75, 3.05) is 0 Å². The summed E-state index contributed by atoms with van der Waals surface area (Å²) in [7, 11) is 0. The van der Waals surface area contributed by atoms with E-state index in [1.54, 1.807) is 0 Å². The summed E-state index contributed by atoms with van der Waals surface area (Å²) in [5.41, 5.74) is 1.94. The van der Waals surface area contributed by atoms with E-state index in [-0.39, 0.29) is 18.4 Å². The lowest BCUT2D eigenvalue weighted by atomic mass is 9.81. The van der Waals surface area contributed by atoms with E-state index in [1.807, 2.05) is 24.3 Å². The van der Waals surface area contributed by atoms with Crippen LogP contribution in [0.3, 0.4) is 0 Å². The van der Waals surface area contributed by atoms with Crippen LogP contribution in [0.5, 0.6) is 0 Å². The molecule has 0 radical (unpaired) electrons. The number of aliphatic carboxylic acids is 1. The van der Waals surface area contributed by atoms with Gasteiger partial charge in [-0.1, -0.05) is 37.1 Å². The summed E-state index contributed by atoms with van der Waals surface area (Å²) in [6, 6.07) is 7.62. The number of aliphatic hydroxyl groups is 1. The highest BCUT2D eigenvalue weighted by Gasteiger charge is 2.24. The fourth-order valence-electron chi connectivity index (χ4n) is 2.56. The summed E-state index contributed by atoms with van der Waals surface area (Å²) in [5.74, 6) is -0.585. The Hall–Kier alpha value is -1.35. The molecule has 92 valence electrons. The third-order valence-corrected chi connectivity index (χ3v) is 3.49. The number of rotatable bonds is 3. The fourth-order valence-corrected chi connectivity index (χ4v) is 2.56. The lowest BCUT2D eigenvalue weighted by Gasteiger charge is -2.28. The van der Waals surface area contributed by atoms with E-state index in [1.165, 1.54) is 6.42 Å². The molecule has 1 aliphatic carbocycles. The average molecular weight is 234 g/mol. The predicted octanol–water partition coefficient (Wildman–Crippen LogP) is 2.33. The minimum Gasteiger partial charge on any atom is -0.481 e. The van der Waals surface area contributed by atoms with Gasteiger partial charge < -0.3 is 10.2 Å². The van der Waals surface area contributed by atoms with Gasteiger partial charge in [-0.05, 0) is 24.0 Å². The summed E-state index contributed by atoms with van der Waals surface area (Å²) in [4.78, 5) is 10.6. The predicted molar refractivity (Wildman–Crippen MR) is 65.0 cm³/mol. The van der Waals surface area contributed by atoms with Crippen LogP contribution in [0.25, 0.3) is 0 Å². The van der Waals surface area contributed by atoms with Crippen LogP contribution in [0.15, 0.2) is 24.3 Å². The van der Waals surface area contributed by atoms with Crippen LogP contribution >= 0.6 is 0 Å². The molecule has 2 rings (SSSR count). The Kier molecular flexibility index (Phi) is 3.79. The van der Waals surface area contributed by atoms with E-state index in [2.05, 4.69) is 0 Å². The van der Waals surface area contributed by atoms with Gasteiger partial charge in [0.25, 0.3) is 0 Å². The van der Waals surface area contributed by atoms with Gasteiger partial charge in [0.05, 0.1) is 12.5 Å². The zero-order valence-corrected chi connectivity index (χ0v) is 9.80. The topological polar surface area (TPSA) is 57.5 Å². The van der Waals surface area contributed by atoms with Crippen molar-refractivity contribution in [1.82, 2.24) is 0 Å². The zero-order chi connectivity index (χ0) is 12.3. The molecule has 2 N–H and O–H groups in total. The van der Waals surface area contributed by atoms with Gasteiger partial charge in [0.15, 0.2) is 0 Å². The number of hydrogen-bond donors (Lipinski definition) is 2. The Morgan fingerprint density at radius 3 is 2.41 bits per heavy atom. The Bertz CT molecular complexity index is 383. The molecule has 1 saturated carbocycles. The van der Waals surface area contributed by atoms with E-state index in [0.717, 1.165) is 30.4 Å². The minimum atomic E-state index is -0.810. The fraction of sp³-hybridized carbons (Fsp3) is 0.500. The molecule has 0 aliphatic heterocycles. The quantitative estimate of drug-likeness (QED) is 0.844. The largest absolute Gasteiger partial charge is 0.481 e. The van der Waals surface area contributed by atoms with Crippen molar-refractivity contribution >= 4 is 5.97 Å². The third kappa shape index (κ3) is 3.07. The molecule has 3 nitrogen and oxygen atoms in total. The first-order valence-electron chi connectivity index (χ1n) is 6.15. The van der Waals surface area contributed by atoms with Crippen LogP contribution in [0.4, 0.5) is 0 Å². The highest BCUT2D eigenvalue weighted by molar-refractivity contribution is 5.70. The summed E-state index contributed by atoms with van der Waals surface area (Å²) >= 11 is 0. The second-order valence-corrected chi connectivity index (χ2v) is 4.77. The molecule has 0 spiro atoms. The van der Waals surface area contributed by atoms with Crippen LogP contribution in [-0.2, 0) is 11.2 Å². The van der Waals surface area contributed by atoms with Gasteiger partial charge in [0, 0.05) is 5.92 Å². The number of carboxylic acids is 1. The van der Waals surface area contributed by atoms with E-state index in [4.69, 9.17) is 5.11 Å². The molecular formula is C14H18O3. The summed E-state index contributed by atoms with van der Waals surface area (Å²) in [6.45, 7) is 0. The van der Waals surface area contributed by atoms with Gasteiger partial charge in [0.2, 0.25) is 0 Å². The maximum Gasteiger partial charge on any atom is 0.307 e. The van der Waals surface area contributed by atoms with E-state index < -0.39 is 5.97 Å². The number of aliphatic hydroxyl groups excluding tert-OH is 1. The molecule has 0 aromatic heterocycles. The molecule has 3 heteroatoms. The number of carbonyl (C=O) groups is 1. The van der Waals surface area contributed by atoms with Crippen LogP contribution in [0.2, 0.25) is 0 Å². The molecule has 2 atom stereocenters. The Labute approximate surface area is 101 Å². The van der Waals surface area contributed by atoms with Gasteiger partial charge in [-0.2, -0.15) is 0 Å². The molecule has 1 aromatic carbocycles. The van der Waals surface area contributed by atoms with Crippen LogP contribution in [0, 0.1) is 0 Å². The van der Waals surface area contributed by atoms with Crippen molar-refractivity contribution in [1.29, 1.82) is 0 Å². The van der Waals surface area contributed by atoms with Crippen molar-refractivity contribution in [2.45, 2.75) is 44.1 Å². The van der Waals surface area contributed by atoms with Gasteiger partial charge in [0.1, 0.15) is 0 Å². The van der Waals surface area contributed by atoms with Crippen molar-refractivity contribution in [3.8, 4) is 0 Å². The maximum absolute atomic E-state index is 10.6. The summed E-state index contributed by atoms with van der Waals surface area (Å²) in [6.07, 6.45) is 4.00. The van der Waals surface area contributed by atoms with Crippen LogP contribution in [-0.4, -0.2) is 22.3 Å². The normalized spacial score (nSPS) is 24.5. The van der Waals surface area contributed by atoms with Crippen molar-refractivity contribution in [2.24, 2.45) is 0 Å². The molecule has 1 aromatic rings. The van der Waals surface area contributed by atoms with Crippen molar-refractivity contribution in [3.05, 3.63) is 35.4 Å². The van der Waals surface area contributed by atoms with Gasteiger partial charge in [-0.15, -0.1) is 0 Å². The van der Waals surface area contributed by atoms with E-state index >= 15 is 0 Å². The highest BCUT2D eigenvalue weighted by atomic mass is 16.4. The highest BCUT2D eigenvalue weighted by Crippen LogP contribution is 2.33. The first kappa shape index (κ1) is 12.1. The summed E-state index contributed by atoms with van der Waals surface area (Å²) in [5, 5.41) is 18.6. The first-order valence-corrected chi connectivity index (χ1v) is 6.15.